The molecule has 0 aromatic carbocycles. The SMILES string of the molecule is CC.CC.CCC(=O)CCCCCN1CCN(CCCOC)CC1. The van der Waals surface area contributed by atoms with E-state index >= 15 is 0 Å². The molecule has 1 aliphatic rings. The molecule has 24 heavy (non-hydrogen) atoms. The summed E-state index contributed by atoms with van der Waals surface area (Å²) in [5, 5.41) is 0. The van der Waals surface area contributed by atoms with Crippen molar-refractivity contribution in [3.8, 4) is 0 Å². The second-order valence-corrected chi connectivity index (χ2v) is 5.73. The van der Waals surface area contributed by atoms with Crippen LogP contribution in [0.3, 0.4) is 0 Å². The fourth-order valence-corrected chi connectivity index (χ4v) is 2.68. The number of piperazine rings is 1. The Hall–Kier alpha value is -0.450. The summed E-state index contributed by atoms with van der Waals surface area (Å²) in [5.74, 6) is 0.412. The molecule has 0 aliphatic carbocycles. The third-order valence-corrected chi connectivity index (χ3v) is 4.11. The van der Waals surface area contributed by atoms with E-state index in [9.17, 15) is 4.79 Å². The smallest absolute Gasteiger partial charge is 0.132 e. The molecular weight excluding hydrogens is 300 g/mol. The second kappa shape index (κ2) is 20.6. The van der Waals surface area contributed by atoms with Gasteiger partial charge in [-0.1, -0.05) is 41.0 Å². The molecule has 1 saturated heterocycles. The molecule has 1 heterocycles. The van der Waals surface area contributed by atoms with E-state index in [0.29, 0.717) is 12.2 Å². The normalized spacial score (nSPS) is 15.1. The van der Waals surface area contributed by atoms with E-state index in [1.165, 1.54) is 52.1 Å². The third kappa shape index (κ3) is 15.1. The molecule has 0 saturated carbocycles. The highest BCUT2D eigenvalue weighted by Crippen LogP contribution is 2.07. The first-order valence-electron chi connectivity index (χ1n) is 10.2. The molecule has 0 N–H and O–H groups in total. The standard InChI is InChI=1S/C16H32N2O2.2C2H6/c1-3-16(19)8-5-4-6-9-17-11-13-18(14-12-17)10-7-15-20-2;2*1-2/h3-15H2,1-2H3;2*1-2H3. The molecule has 0 aromatic heterocycles. The van der Waals surface area contributed by atoms with E-state index in [4.69, 9.17) is 4.74 Å². The lowest BCUT2D eigenvalue weighted by atomic mass is 10.1. The average molecular weight is 345 g/mol. The minimum absolute atomic E-state index is 0.412. The zero-order valence-electron chi connectivity index (χ0n) is 17.4. The number of nitrogens with zero attached hydrogens (tertiary/aromatic N) is 2. The van der Waals surface area contributed by atoms with Crippen LogP contribution >= 0.6 is 0 Å². The molecular formula is C20H44N2O2. The number of ketones is 1. The number of methoxy groups -OCH3 is 1. The predicted octanol–water partition coefficient (Wildman–Crippen LogP) is 4.23. The van der Waals surface area contributed by atoms with Gasteiger partial charge in [0, 0.05) is 59.3 Å². The van der Waals surface area contributed by atoms with E-state index in [1.54, 1.807) is 7.11 Å². The van der Waals surface area contributed by atoms with Crippen molar-refractivity contribution in [3.05, 3.63) is 0 Å². The molecule has 0 unspecified atom stereocenters. The van der Waals surface area contributed by atoms with Crippen LogP contribution in [0.2, 0.25) is 0 Å². The molecule has 0 spiro atoms. The first-order chi connectivity index (χ1) is 11.8. The van der Waals surface area contributed by atoms with Gasteiger partial charge in [0.05, 0.1) is 0 Å². The van der Waals surface area contributed by atoms with Gasteiger partial charge in [0.2, 0.25) is 0 Å². The monoisotopic (exact) mass is 344 g/mol. The Labute approximate surface area is 151 Å². The minimum Gasteiger partial charge on any atom is -0.385 e. The van der Waals surface area contributed by atoms with Crippen molar-refractivity contribution in [3.63, 3.8) is 0 Å². The quantitative estimate of drug-likeness (QED) is 0.525. The summed E-state index contributed by atoms with van der Waals surface area (Å²) in [7, 11) is 1.77. The Morgan fingerprint density at radius 2 is 1.33 bits per heavy atom. The maximum absolute atomic E-state index is 11.2. The highest BCUT2D eigenvalue weighted by Gasteiger charge is 2.15. The molecule has 1 fully saturated rings. The zero-order valence-corrected chi connectivity index (χ0v) is 17.4. The van der Waals surface area contributed by atoms with Crippen LogP contribution in [0.1, 0.15) is 73.1 Å². The Balaban J connectivity index is 0. The second-order valence-electron chi connectivity index (χ2n) is 5.73. The van der Waals surface area contributed by atoms with Gasteiger partial charge in [-0.05, 0) is 25.8 Å². The van der Waals surface area contributed by atoms with Crippen LogP contribution in [0, 0.1) is 0 Å². The number of carbonyl (C=O) groups excluding carboxylic acids is 1. The molecule has 1 aliphatic heterocycles. The van der Waals surface area contributed by atoms with Gasteiger partial charge in [-0.15, -0.1) is 0 Å². The van der Waals surface area contributed by atoms with Gasteiger partial charge in [0.25, 0.3) is 0 Å². The molecule has 146 valence electrons. The maximum Gasteiger partial charge on any atom is 0.132 e. The van der Waals surface area contributed by atoms with Crippen molar-refractivity contribution >= 4 is 5.78 Å². The number of rotatable bonds is 11. The Bertz CT molecular complexity index is 252. The lowest BCUT2D eigenvalue weighted by Crippen LogP contribution is -2.46. The molecule has 0 atom stereocenters. The fourth-order valence-electron chi connectivity index (χ4n) is 2.68. The zero-order chi connectivity index (χ0) is 18.6. The van der Waals surface area contributed by atoms with Crippen LogP contribution in [0.15, 0.2) is 0 Å². The van der Waals surface area contributed by atoms with Crippen molar-refractivity contribution in [1.82, 2.24) is 9.80 Å². The fraction of sp³-hybridized carbons (Fsp3) is 0.950. The van der Waals surface area contributed by atoms with E-state index < -0.39 is 0 Å². The van der Waals surface area contributed by atoms with Gasteiger partial charge in [-0.3, -0.25) is 4.79 Å². The van der Waals surface area contributed by atoms with Gasteiger partial charge >= 0.3 is 0 Å². The maximum atomic E-state index is 11.2. The molecule has 0 aromatic rings. The van der Waals surface area contributed by atoms with Crippen molar-refractivity contribution < 1.29 is 9.53 Å². The predicted molar refractivity (Wildman–Crippen MR) is 106 cm³/mol. The van der Waals surface area contributed by atoms with E-state index in [-0.39, 0.29) is 0 Å². The van der Waals surface area contributed by atoms with Gasteiger partial charge < -0.3 is 14.5 Å². The van der Waals surface area contributed by atoms with Crippen molar-refractivity contribution in [2.45, 2.75) is 73.1 Å². The first-order valence-corrected chi connectivity index (χ1v) is 10.2. The number of hydrogen-bond acceptors (Lipinski definition) is 4. The van der Waals surface area contributed by atoms with Gasteiger partial charge in [-0.2, -0.15) is 0 Å². The van der Waals surface area contributed by atoms with Crippen LogP contribution in [-0.2, 0) is 9.53 Å². The molecule has 0 amide bonds. The lowest BCUT2D eigenvalue weighted by Gasteiger charge is -2.34. The summed E-state index contributed by atoms with van der Waals surface area (Å²) in [6.45, 7) is 18.0. The molecule has 4 nitrogen and oxygen atoms in total. The lowest BCUT2D eigenvalue weighted by molar-refractivity contribution is -0.118. The summed E-state index contributed by atoms with van der Waals surface area (Å²) in [6.07, 6.45) is 6.13. The van der Waals surface area contributed by atoms with E-state index in [2.05, 4.69) is 9.80 Å². The van der Waals surface area contributed by atoms with Crippen LogP contribution in [0.4, 0.5) is 0 Å². The van der Waals surface area contributed by atoms with E-state index in [0.717, 1.165) is 25.9 Å². The van der Waals surface area contributed by atoms with Crippen molar-refractivity contribution in [1.29, 1.82) is 0 Å². The van der Waals surface area contributed by atoms with Crippen LogP contribution in [0.25, 0.3) is 0 Å². The highest BCUT2D eigenvalue weighted by molar-refractivity contribution is 5.77. The first kappa shape index (κ1) is 25.8. The topological polar surface area (TPSA) is 32.8 Å². The summed E-state index contributed by atoms with van der Waals surface area (Å²) in [5.41, 5.74) is 0. The Morgan fingerprint density at radius 3 is 1.79 bits per heavy atom. The largest absolute Gasteiger partial charge is 0.385 e. The Morgan fingerprint density at radius 1 is 0.833 bits per heavy atom. The third-order valence-electron chi connectivity index (χ3n) is 4.11. The number of Topliss-reactive ketones (excluding diaryl/α,β-unsaturated/α-hetero) is 1. The van der Waals surface area contributed by atoms with Gasteiger partial charge in [-0.25, -0.2) is 0 Å². The molecule has 4 heteroatoms. The summed E-state index contributed by atoms with van der Waals surface area (Å²) in [6, 6.07) is 0. The van der Waals surface area contributed by atoms with Crippen LogP contribution < -0.4 is 0 Å². The average Bonchev–Trinajstić information content (AvgIpc) is 2.66. The minimum atomic E-state index is 0.412. The molecule has 0 radical (unpaired) electrons. The molecule has 1 rings (SSSR count). The van der Waals surface area contributed by atoms with Crippen LogP contribution in [-0.4, -0.2) is 68.6 Å². The number of hydrogen-bond donors (Lipinski definition) is 0. The number of unbranched alkanes of at least 4 members (excludes halogenated alkanes) is 2. The van der Waals surface area contributed by atoms with Gasteiger partial charge in [0.1, 0.15) is 5.78 Å². The van der Waals surface area contributed by atoms with E-state index in [1.807, 2.05) is 34.6 Å². The Kier molecular flexibility index (Phi) is 22.1. The van der Waals surface area contributed by atoms with Crippen LogP contribution in [0.5, 0.6) is 0 Å². The molecule has 0 bridgehead atoms. The van der Waals surface area contributed by atoms with Crippen molar-refractivity contribution in [2.24, 2.45) is 0 Å². The summed E-state index contributed by atoms with van der Waals surface area (Å²) < 4.78 is 5.09. The van der Waals surface area contributed by atoms with Gasteiger partial charge in [0.15, 0.2) is 0 Å². The number of carbonyl (C=O) groups is 1. The van der Waals surface area contributed by atoms with Crippen molar-refractivity contribution in [2.75, 3.05) is 53.0 Å². The highest BCUT2D eigenvalue weighted by atomic mass is 16.5. The summed E-state index contributed by atoms with van der Waals surface area (Å²) >= 11 is 0. The summed E-state index contributed by atoms with van der Waals surface area (Å²) in [4.78, 5) is 16.3. The number of ether oxygens (including phenoxy) is 1.